The van der Waals surface area contributed by atoms with E-state index in [-0.39, 0.29) is 5.60 Å². The number of benzene rings is 1. The van der Waals surface area contributed by atoms with Gasteiger partial charge in [-0.05, 0) is 37.0 Å². The van der Waals surface area contributed by atoms with E-state index in [1.165, 1.54) is 6.42 Å². The van der Waals surface area contributed by atoms with E-state index in [1.807, 2.05) is 24.3 Å². The van der Waals surface area contributed by atoms with Crippen molar-refractivity contribution < 1.29 is 9.84 Å². The standard InChI is InChI=1S/C13H17ClO2/c1-16-13(6-3-7-13)9-12(15)10-4-2-5-11(14)8-10/h2,4-5,8,12,15H,3,6-7,9H2,1H3. The van der Waals surface area contributed by atoms with Crippen molar-refractivity contribution in [1.82, 2.24) is 0 Å². The summed E-state index contributed by atoms with van der Waals surface area (Å²) in [6.07, 6.45) is 3.45. The molecule has 0 bridgehead atoms. The lowest BCUT2D eigenvalue weighted by molar-refractivity contribution is -0.0999. The molecule has 0 aliphatic heterocycles. The van der Waals surface area contributed by atoms with Crippen molar-refractivity contribution in [2.24, 2.45) is 0 Å². The summed E-state index contributed by atoms with van der Waals surface area (Å²) >= 11 is 5.90. The Morgan fingerprint density at radius 2 is 2.25 bits per heavy atom. The maximum Gasteiger partial charge on any atom is 0.0818 e. The van der Waals surface area contributed by atoms with Gasteiger partial charge in [-0.3, -0.25) is 0 Å². The third kappa shape index (κ3) is 2.40. The van der Waals surface area contributed by atoms with Gasteiger partial charge < -0.3 is 9.84 Å². The lowest BCUT2D eigenvalue weighted by Crippen LogP contribution is -2.40. The highest BCUT2D eigenvalue weighted by atomic mass is 35.5. The van der Waals surface area contributed by atoms with E-state index in [0.29, 0.717) is 11.4 Å². The molecule has 0 spiro atoms. The SMILES string of the molecule is COC1(CC(O)c2cccc(Cl)c2)CCC1. The number of ether oxygens (including phenoxy) is 1. The van der Waals surface area contributed by atoms with Crippen LogP contribution in [0.1, 0.15) is 37.4 Å². The minimum absolute atomic E-state index is 0.109. The molecular weight excluding hydrogens is 224 g/mol. The molecule has 88 valence electrons. The molecule has 16 heavy (non-hydrogen) atoms. The maximum absolute atomic E-state index is 10.1. The molecule has 1 atom stereocenters. The van der Waals surface area contributed by atoms with Crippen LogP contribution in [-0.4, -0.2) is 17.8 Å². The summed E-state index contributed by atoms with van der Waals surface area (Å²) in [5.74, 6) is 0. The summed E-state index contributed by atoms with van der Waals surface area (Å²) in [5.41, 5.74) is 0.762. The van der Waals surface area contributed by atoms with Crippen LogP contribution in [0.5, 0.6) is 0 Å². The van der Waals surface area contributed by atoms with Crippen LogP contribution in [0.2, 0.25) is 5.02 Å². The third-order valence-corrected chi connectivity index (χ3v) is 3.73. The van der Waals surface area contributed by atoms with E-state index in [0.717, 1.165) is 18.4 Å². The highest BCUT2D eigenvalue weighted by Gasteiger charge is 2.38. The highest BCUT2D eigenvalue weighted by molar-refractivity contribution is 6.30. The zero-order chi connectivity index (χ0) is 11.6. The summed E-state index contributed by atoms with van der Waals surface area (Å²) in [5, 5.41) is 10.8. The van der Waals surface area contributed by atoms with Crippen molar-refractivity contribution in [1.29, 1.82) is 0 Å². The molecule has 1 fully saturated rings. The first-order valence-electron chi connectivity index (χ1n) is 5.64. The Bertz CT molecular complexity index is 355. The number of methoxy groups -OCH3 is 1. The van der Waals surface area contributed by atoms with Gasteiger partial charge in [-0.15, -0.1) is 0 Å². The first kappa shape index (κ1) is 11.9. The minimum Gasteiger partial charge on any atom is -0.388 e. The quantitative estimate of drug-likeness (QED) is 0.875. The summed E-state index contributed by atoms with van der Waals surface area (Å²) < 4.78 is 5.50. The molecule has 0 saturated heterocycles. The van der Waals surface area contributed by atoms with Gasteiger partial charge in [0.25, 0.3) is 0 Å². The van der Waals surface area contributed by atoms with E-state index in [4.69, 9.17) is 16.3 Å². The van der Waals surface area contributed by atoms with Gasteiger partial charge in [-0.2, -0.15) is 0 Å². The Morgan fingerprint density at radius 3 is 2.75 bits per heavy atom. The molecule has 0 radical (unpaired) electrons. The predicted octanol–water partition coefficient (Wildman–Crippen LogP) is 3.33. The van der Waals surface area contributed by atoms with E-state index in [2.05, 4.69) is 0 Å². The van der Waals surface area contributed by atoms with Gasteiger partial charge in [0.2, 0.25) is 0 Å². The fraction of sp³-hybridized carbons (Fsp3) is 0.538. The predicted molar refractivity (Wildman–Crippen MR) is 64.6 cm³/mol. The molecule has 3 heteroatoms. The lowest BCUT2D eigenvalue weighted by atomic mass is 9.75. The van der Waals surface area contributed by atoms with Crippen LogP contribution in [0.4, 0.5) is 0 Å². The minimum atomic E-state index is -0.487. The number of halogens is 1. The number of aliphatic hydroxyl groups excluding tert-OH is 1. The highest BCUT2D eigenvalue weighted by Crippen LogP contribution is 2.41. The average Bonchev–Trinajstić information content (AvgIpc) is 2.23. The van der Waals surface area contributed by atoms with Crippen LogP contribution >= 0.6 is 11.6 Å². The van der Waals surface area contributed by atoms with Crippen LogP contribution in [0, 0.1) is 0 Å². The Kier molecular flexibility index (Phi) is 3.53. The summed E-state index contributed by atoms with van der Waals surface area (Å²) in [6, 6.07) is 7.39. The van der Waals surface area contributed by atoms with Gasteiger partial charge in [0.05, 0.1) is 11.7 Å². The second-order valence-electron chi connectivity index (χ2n) is 4.52. The molecule has 0 heterocycles. The molecule has 1 aromatic carbocycles. The van der Waals surface area contributed by atoms with Crippen LogP contribution in [0.25, 0.3) is 0 Å². The van der Waals surface area contributed by atoms with Gasteiger partial charge in [0.1, 0.15) is 0 Å². The van der Waals surface area contributed by atoms with Gasteiger partial charge in [-0.25, -0.2) is 0 Å². The van der Waals surface area contributed by atoms with Crippen molar-refractivity contribution in [2.45, 2.75) is 37.4 Å². The summed E-state index contributed by atoms with van der Waals surface area (Å²) in [6.45, 7) is 0. The second kappa shape index (κ2) is 4.74. The Labute approximate surface area is 101 Å². The molecule has 0 aromatic heterocycles. The first-order chi connectivity index (χ1) is 7.65. The van der Waals surface area contributed by atoms with E-state index in [9.17, 15) is 5.11 Å². The fourth-order valence-corrected chi connectivity index (χ4v) is 2.45. The van der Waals surface area contributed by atoms with Gasteiger partial charge in [0, 0.05) is 18.6 Å². The Hall–Kier alpha value is -0.570. The van der Waals surface area contributed by atoms with Crippen molar-refractivity contribution in [3.8, 4) is 0 Å². The zero-order valence-corrected chi connectivity index (χ0v) is 10.2. The topological polar surface area (TPSA) is 29.5 Å². The number of hydrogen-bond acceptors (Lipinski definition) is 2. The van der Waals surface area contributed by atoms with Crippen molar-refractivity contribution in [3.05, 3.63) is 34.9 Å². The van der Waals surface area contributed by atoms with Crippen molar-refractivity contribution >= 4 is 11.6 Å². The molecule has 1 saturated carbocycles. The zero-order valence-electron chi connectivity index (χ0n) is 9.45. The third-order valence-electron chi connectivity index (χ3n) is 3.50. The van der Waals surface area contributed by atoms with E-state index < -0.39 is 6.10 Å². The van der Waals surface area contributed by atoms with Crippen molar-refractivity contribution in [3.63, 3.8) is 0 Å². The van der Waals surface area contributed by atoms with Gasteiger partial charge >= 0.3 is 0 Å². The smallest absolute Gasteiger partial charge is 0.0818 e. The first-order valence-corrected chi connectivity index (χ1v) is 6.02. The second-order valence-corrected chi connectivity index (χ2v) is 4.95. The average molecular weight is 241 g/mol. The van der Waals surface area contributed by atoms with E-state index >= 15 is 0 Å². The molecule has 1 N–H and O–H groups in total. The van der Waals surface area contributed by atoms with E-state index in [1.54, 1.807) is 7.11 Å². The van der Waals surface area contributed by atoms with Crippen LogP contribution in [-0.2, 0) is 4.74 Å². The molecule has 1 aliphatic rings. The Morgan fingerprint density at radius 1 is 1.50 bits per heavy atom. The molecule has 1 aromatic rings. The normalized spacial score (nSPS) is 20.2. The molecule has 1 aliphatic carbocycles. The largest absolute Gasteiger partial charge is 0.388 e. The summed E-state index contributed by atoms with van der Waals surface area (Å²) in [4.78, 5) is 0. The maximum atomic E-state index is 10.1. The van der Waals surface area contributed by atoms with Crippen molar-refractivity contribution in [2.75, 3.05) is 7.11 Å². The molecule has 2 rings (SSSR count). The number of aliphatic hydroxyl groups is 1. The van der Waals surface area contributed by atoms with Crippen LogP contribution in [0.15, 0.2) is 24.3 Å². The molecule has 1 unspecified atom stereocenters. The van der Waals surface area contributed by atoms with Gasteiger partial charge in [-0.1, -0.05) is 23.7 Å². The Balaban J connectivity index is 2.05. The molecular formula is C13H17ClO2. The van der Waals surface area contributed by atoms with Crippen LogP contribution < -0.4 is 0 Å². The lowest BCUT2D eigenvalue weighted by Gasteiger charge is -2.41. The number of rotatable bonds is 4. The monoisotopic (exact) mass is 240 g/mol. The summed E-state index contributed by atoms with van der Waals surface area (Å²) in [7, 11) is 1.73. The molecule has 2 nitrogen and oxygen atoms in total. The molecule has 0 amide bonds. The van der Waals surface area contributed by atoms with Gasteiger partial charge in [0.15, 0.2) is 0 Å². The fourth-order valence-electron chi connectivity index (χ4n) is 2.25. The van der Waals surface area contributed by atoms with Crippen LogP contribution in [0.3, 0.4) is 0 Å². The number of hydrogen-bond donors (Lipinski definition) is 1.